The molecule has 0 aliphatic carbocycles. The van der Waals surface area contributed by atoms with Gasteiger partial charge in [0.1, 0.15) is 6.20 Å². The summed E-state index contributed by atoms with van der Waals surface area (Å²) in [5, 5.41) is 2.00. The van der Waals surface area contributed by atoms with Gasteiger partial charge >= 0.3 is 11.7 Å². The molecule has 5 nitrogen and oxygen atoms in total. The van der Waals surface area contributed by atoms with Gasteiger partial charge in [0.2, 0.25) is 0 Å². The second-order valence-corrected chi connectivity index (χ2v) is 5.07. The number of rotatable bonds is 1. The van der Waals surface area contributed by atoms with Crippen molar-refractivity contribution < 1.29 is 44.3 Å². The highest BCUT2D eigenvalue weighted by atomic mass is 32.2. The zero-order valence-corrected chi connectivity index (χ0v) is 11.1. The molecule has 0 aromatic rings. The van der Waals surface area contributed by atoms with Crippen LogP contribution in [-0.4, -0.2) is 49.3 Å². The van der Waals surface area contributed by atoms with Crippen molar-refractivity contribution in [2.45, 2.75) is 24.7 Å². The van der Waals surface area contributed by atoms with Crippen molar-refractivity contribution in [1.82, 2.24) is 5.01 Å². The Hall–Kier alpha value is -0.850. The SMILES string of the molecule is CC[NH+]1C=CC(C(F)(F)F)N1C.O=S(=O)([O-])C(F)(F)F. The number of nitrogens with zero attached hydrogens (tertiary/aromatic N) is 1. The van der Waals surface area contributed by atoms with Gasteiger partial charge in [-0.05, 0) is 6.92 Å². The summed E-state index contributed by atoms with van der Waals surface area (Å²) in [4.78, 5) is 0. The number of quaternary nitrogens is 1. The van der Waals surface area contributed by atoms with Crippen LogP contribution in [0.5, 0.6) is 0 Å². The number of likely N-dealkylation sites (N-methyl/N-ethyl adjacent to an activating group) is 1. The number of alkyl halides is 6. The van der Waals surface area contributed by atoms with Crippen molar-refractivity contribution in [2.24, 2.45) is 0 Å². The maximum absolute atomic E-state index is 12.2. The van der Waals surface area contributed by atoms with Gasteiger partial charge in [0, 0.05) is 13.1 Å². The van der Waals surface area contributed by atoms with Crippen molar-refractivity contribution in [1.29, 1.82) is 0 Å². The van der Waals surface area contributed by atoms with Crippen molar-refractivity contribution in [3.05, 3.63) is 12.3 Å². The predicted molar refractivity (Wildman–Crippen MR) is 54.0 cm³/mol. The molecule has 0 aromatic carbocycles. The van der Waals surface area contributed by atoms with E-state index in [4.69, 9.17) is 13.0 Å². The summed E-state index contributed by atoms with van der Waals surface area (Å²) < 4.78 is 95.5. The first-order valence-electron chi connectivity index (χ1n) is 5.07. The fourth-order valence-corrected chi connectivity index (χ4v) is 1.32. The molecule has 0 aromatic heterocycles. The summed E-state index contributed by atoms with van der Waals surface area (Å²) in [7, 11) is -4.62. The van der Waals surface area contributed by atoms with Gasteiger partial charge in [0.05, 0.1) is 6.54 Å². The van der Waals surface area contributed by atoms with E-state index in [0.29, 0.717) is 6.54 Å². The van der Waals surface area contributed by atoms with Crippen LogP contribution in [0.3, 0.4) is 0 Å². The van der Waals surface area contributed by atoms with Crippen LogP contribution in [0.25, 0.3) is 0 Å². The van der Waals surface area contributed by atoms with Gasteiger partial charge in [0.25, 0.3) is 0 Å². The van der Waals surface area contributed by atoms with Crippen LogP contribution in [0.2, 0.25) is 0 Å². The van der Waals surface area contributed by atoms with E-state index < -0.39 is 27.8 Å². The zero-order chi connectivity index (χ0) is 16.4. The van der Waals surface area contributed by atoms with Crippen molar-refractivity contribution in [3.8, 4) is 0 Å². The molecular weight excluding hydrogens is 318 g/mol. The van der Waals surface area contributed by atoms with Crippen molar-refractivity contribution in [3.63, 3.8) is 0 Å². The second-order valence-electron chi connectivity index (χ2n) is 3.70. The molecule has 1 heterocycles. The first-order valence-corrected chi connectivity index (χ1v) is 6.48. The lowest BCUT2D eigenvalue weighted by Gasteiger charge is -2.24. The molecule has 2 unspecified atom stereocenters. The predicted octanol–water partition coefficient (Wildman–Crippen LogP) is 0.248. The smallest absolute Gasteiger partial charge is 0.485 e. The van der Waals surface area contributed by atoms with Gasteiger partial charge in [-0.3, -0.25) is 0 Å². The molecule has 1 rings (SSSR count). The number of halogens is 6. The number of nitrogens with one attached hydrogen (secondary N) is 1. The van der Waals surface area contributed by atoms with Crippen molar-refractivity contribution in [2.75, 3.05) is 13.6 Å². The van der Waals surface area contributed by atoms with E-state index in [0.717, 1.165) is 5.01 Å². The molecule has 12 heteroatoms. The van der Waals surface area contributed by atoms with E-state index in [2.05, 4.69) is 0 Å². The molecule has 120 valence electrons. The van der Waals surface area contributed by atoms with Crippen LogP contribution in [-0.2, 0) is 10.1 Å². The molecule has 1 aliphatic rings. The Morgan fingerprint density at radius 3 is 1.80 bits per heavy atom. The standard InChI is InChI=1S/C7H11F3N2.CHF3O3S/c1-3-12-5-4-6(11(12)2)7(8,9)10;2-1(3,4)8(5,6)7/h4-6H,3H2,1-2H3;(H,5,6,7). The first kappa shape index (κ1) is 19.1. The van der Waals surface area contributed by atoms with Gasteiger partial charge in [0.15, 0.2) is 16.2 Å². The Kier molecular flexibility index (Phi) is 6.02. The largest absolute Gasteiger partial charge is 0.741 e. The molecule has 0 radical (unpaired) electrons. The summed E-state index contributed by atoms with van der Waals surface area (Å²) in [5.74, 6) is 0. The van der Waals surface area contributed by atoms with Crippen LogP contribution < -0.4 is 5.01 Å². The summed E-state index contributed by atoms with van der Waals surface area (Å²) in [6.45, 7) is 2.48. The average Bonchev–Trinajstić information content (AvgIpc) is 2.56. The van der Waals surface area contributed by atoms with Crippen LogP contribution in [0.15, 0.2) is 12.3 Å². The van der Waals surface area contributed by atoms with E-state index in [1.54, 1.807) is 0 Å². The fraction of sp³-hybridized carbons (Fsp3) is 0.750. The molecular formula is C8H12F6N2O3S. The van der Waals surface area contributed by atoms with E-state index in [1.165, 1.54) is 24.3 Å². The summed E-state index contributed by atoms with van der Waals surface area (Å²) in [6.07, 6.45) is -1.42. The molecule has 0 bridgehead atoms. The molecule has 0 saturated heterocycles. The molecule has 1 N–H and O–H groups in total. The maximum Gasteiger partial charge on any atom is 0.485 e. The molecule has 2 atom stereocenters. The lowest BCUT2D eigenvalue weighted by atomic mass is 10.3. The maximum atomic E-state index is 12.2. The molecule has 20 heavy (non-hydrogen) atoms. The van der Waals surface area contributed by atoms with E-state index >= 15 is 0 Å². The minimum Gasteiger partial charge on any atom is -0.741 e. The lowest BCUT2D eigenvalue weighted by molar-refractivity contribution is -0.963. The zero-order valence-electron chi connectivity index (χ0n) is 10.3. The van der Waals surface area contributed by atoms with Gasteiger partial charge in [-0.15, -0.1) is 5.01 Å². The molecule has 0 amide bonds. The summed E-state index contributed by atoms with van der Waals surface area (Å²) >= 11 is 0. The van der Waals surface area contributed by atoms with E-state index in [-0.39, 0.29) is 0 Å². The number of hydrogen-bond acceptors (Lipinski definition) is 4. The Labute approximate surface area is 111 Å². The molecule has 1 aliphatic heterocycles. The fourth-order valence-electron chi connectivity index (χ4n) is 1.32. The van der Waals surface area contributed by atoms with Gasteiger partial charge in [-0.2, -0.15) is 26.3 Å². The Bertz CT molecular complexity index is 444. The third-order valence-electron chi connectivity index (χ3n) is 2.32. The highest BCUT2D eigenvalue weighted by Gasteiger charge is 2.47. The van der Waals surface area contributed by atoms with Crippen molar-refractivity contribution >= 4 is 10.1 Å². The first-order chi connectivity index (χ1) is 8.71. The van der Waals surface area contributed by atoms with Gasteiger partial charge in [-0.25, -0.2) is 13.4 Å². The third kappa shape index (κ3) is 5.26. The van der Waals surface area contributed by atoms with Gasteiger partial charge in [-0.1, -0.05) is 0 Å². The normalized spacial score (nSPS) is 24.4. The third-order valence-corrected chi connectivity index (χ3v) is 2.89. The monoisotopic (exact) mass is 330 g/mol. The molecule has 0 fully saturated rings. The van der Waals surface area contributed by atoms with E-state index in [9.17, 15) is 26.3 Å². The van der Waals surface area contributed by atoms with Gasteiger partial charge < -0.3 is 4.55 Å². The van der Waals surface area contributed by atoms with Crippen LogP contribution >= 0.6 is 0 Å². The van der Waals surface area contributed by atoms with Crippen LogP contribution in [0.4, 0.5) is 26.3 Å². The lowest BCUT2D eigenvalue weighted by Crippen LogP contribution is -3.12. The molecule has 0 spiro atoms. The summed E-state index contributed by atoms with van der Waals surface area (Å²) in [5.41, 5.74) is -5.65. The highest BCUT2D eigenvalue weighted by molar-refractivity contribution is 7.86. The quantitative estimate of drug-likeness (QED) is 0.425. The Morgan fingerprint density at radius 2 is 1.65 bits per heavy atom. The Morgan fingerprint density at radius 1 is 1.25 bits per heavy atom. The molecule has 0 saturated carbocycles. The van der Waals surface area contributed by atoms with Crippen LogP contribution in [0, 0.1) is 0 Å². The number of hydrogen-bond donors (Lipinski definition) is 1. The minimum atomic E-state index is -6.09. The van der Waals surface area contributed by atoms with E-state index in [1.807, 2.05) is 6.92 Å². The minimum absolute atomic E-state index is 0.638. The summed E-state index contributed by atoms with van der Waals surface area (Å²) in [6, 6.07) is -1.42. The Balaban J connectivity index is 0.000000396. The highest BCUT2D eigenvalue weighted by Crippen LogP contribution is 2.24. The average molecular weight is 330 g/mol. The van der Waals surface area contributed by atoms with Crippen LogP contribution in [0.1, 0.15) is 6.92 Å². The topological polar surface area (TPSA) is 64.9 Å². The second kappa shape index (κ2) is 6.28.